The third-order valence-corrected chi connectivity index (χ3v) is 10.7. The minimum absolute atomic E-state index is 0.0268. The first-order valence-electron chi connectivity index (χ1n) is 16.9. The molecule has 1 aliphatic carbocycles. The Morgan fingerprint density at radius 2 is 1.86 bits per heavy atom. The predicted molar refractivity (Wildman–Crippen MR) is 198 cm³/mol. The monoisotopic (exact) mass is 809 g/mol. The molecular weight excluding hydrogens is 770 g/mol. The van der Waals surface area contributed by atoms with E-state index in [4.69, 9.17) is 21.3 Å². The van der Waals surface area contributed by atoms with E-state index in [0.717, 1.165) is 46.0 Å². The molecule has 0 saturated carbocycles. The number of rotatable bonds is 8. The molecule has 258 valence electrons. The number of halogens is 3. The first kappa shape index (κ1) is 35.6. The number of carbonyl (C=O) groups excluding carboxylic acids is 2. The molecule has 3 atom stereocenters. The van der Waals surface area contributed by atoms with E-state index in [1.54, 1.807) is 17.4 Å². The molecule has 1 fully saturated rings. The van der Waals surface area contributed by atoms with Crippen molar-refractivity contribution in [2.45, 2.75) is 83.5 Å². The Balaban J connectivity index is 1.38. The molecule has 0 bridgehead atoms. The van der Waals surface area contributed by atoms with Gasteiger partial charge in [-0.05, 0) is 115 Å². The molecule has 2 aliphatic rings. The van der Waals surface area contributed by atoms with Gasteiger partial charge >= 0.3 is 6.09 Å². The van der Waals surface area contributed by atoms with Crippen molar-refractivity contribution in [2.75, 3.05) is 13.1 Å². The van der Waals surface area contributed by atoms with Crippen molar-refractivity contribution >= 4 is 55.5 Å². The van der Waals surface area contributed by atoms with E-state index in [-0.39, 0.29) is 17.7 Å². The third kappa shape index (κ3) is 8.58. The maximum atomic E-state index is 14.9. The summed E-state index contributed by atoms with van der Waals surface area (Å²) in [6.07, 6.45) is 10.5. The van der Waals surface area contributed by atoms with Crippen LogP contribution < -0.4 is 0 Å². The van der Waals surface area contributed by atoms with Crippen molar-refractivity contribution in [3.8, 4) is 0 Å². The average molecular weight is 812 g/mol. The number of aryl methyl sites for hydroxylation is 3. The fourth-order valence-electron chi connectivity index (χ4n) is 7.24. The molecule has 11 heteroatoms. The lowest BCUT2D eigenvalue weighted by molar-refractivity contribution is -0.139. The summed E-state index contributed by atoms with van der Waals surface area (Å²) in [6.45, 7) is 7.68. The lowest BCUT2D eigenvalue weighted by Crippen LogP contribution is -2.56. The number of carbonyl (C=O) groups is 2. The van der Waals surface area contributed by atoms with Gasteiger partial charge in [-0.15, -0.1) is 0 Å². The van der Waals surface area contributed by atoms with Crippen LogP contribution in [0.4, 0.5) is 4.79 Å². The average Bonchev–Trinajstić information content (AvgIpc) is 3.52. The number of ether oxygens (including phenoxy) is 1. The first-order chi connectivity index (χ1) is 23.5. The number of piperidine rings is 1. The third-order valence-electron chi connectivity index (χ3n) is 9.38. The highest BCUT2D eigenvalue weighted by Crippen LogP contribution is 2.47. The van der Waals surface area contributed by atoms with Gasteiger partial charge in [-0.3, -0.25) is 14.7 Å². The highest BCUT2D eigenvalue weighted by atomic mass is 79.9. The minimum Gasteiger partial charge on any atom is -0.444 e. The van der Waals surface area contributed by atoms with Gasteiger partial charge in [0.1, 0.15) is 11.6 Å². The zero-order valence-electron chi connectivity index (χ0n) is 28.1. The van der Waals surface area contributed by atoms with Crippen LogP contribution in [0.1, 0.15) is 73.9 Å². The molecule has 4 aromatic rings. The van der Waals surface area contributed by atoms with Crippen LogP contribution in [0.15, 0.2) is 82.4 Å². The van der Waals surface area contributed by atoms with Gasteiger partial charge in [-0.1, -0.05) is 57.9 Å². The summed E-state index contributed by atoms with van der Waals surface area (Å²) < 4.78 is 9.81. The Labute approximate surface area is 310 Å². The zero-order valence-corrected chi connectivity index (χ0v) is 32.0. The van der Waals surface area contributed by atoms with Gasteiger partial charge in [0.25, 0.3) is 0 Å². The highest BCUT2D eigenvalue weighted by Gasteiger charge is 2.44. The van der Waals surface area contributed by atoms with Crippen molar-refractivity contribution in [1.82, 2.24) is 24.3 Å². The van der Waals surface area contributed by atoms with Crippen molar-refractivity contribution in [2.24, 2.45) is 5.92 Å². The maximum absolute atomic E-state index is 14.9. The first-order valence-corrected chi connectivity index (χ1v) is 18.8. The summed E-state index contributed by atoms with van der Waals surface area (Å²) >= 11 is 14.1. The molecule has 49 heavy (non-hydrogen) atoms. The zero-order chi connectivity index (χ0) is 34.7. The quantitative estimate of drug-likeness (QED) is 0.178. The van der Waals surface area contributed by atoms with Gasteiger partial charge < -0.3 is 14.2 Å². The number of imidazole rings is 1. The van der Waals surface area contributed by atoms with Gasteiger partial charge in [0.15, 0.2) is 0 Å². The van der Waals surface area contributed by atoms with Crippen LogP contribution in [0.2, 0.25) is 5.02 Å². The Morgan fingerprint density at radius 1 is 1.08 bits per heavy atom. The summed E-state index contributed by atoms with van der Waals surface area (Å²) in [4.78, 5) is 41.5. The van der Waals surface area contributed by atoms with Crippen LogP contribution in [0, 0.1) is 5.92 Å². The molecule has 0 radical (unpaired) electrons. The number of benzene rings is 2. The summed E-state index contributed by atoms with van der Waals surface area (Å²) in [5.74, 6) is -0.135. The lowest BCUT2D eigenvalue weighted by atomic mass is 9.74. The summed E-state index contributed by atoms with van der Waals surface area (Å²) in [5, 5.41) is 0.685. The van der Waals surface area contributed by atoms with E-state index in [2.05, 4.69) is 49.0 Å². The maximum Gasteiger partial charge on any atom is 0.410 e. The normalized spacial score (nSPS) is 19.1. The number of nitrogens with zero attached hydrogens (tertiary/aromatic N) is 5. The van der Waals surface area contributed by atoms with Crippen LogP contribution in [-0.4, -0.2) is 61.1 Å². The summed E-state index contributed by atoms with van der Waals surface area (Å²) in [7, 11) is 0. The van der Waals surface area contributed by atoms with Gasteiger partial charge in [0.2, 0.25) is 5.91 Å². The van der Waals surface area contributed by atoms with Crippen LogP contribution >= 0.6 is 43.5 Å². The largest absolute Gasteiger partial charge is 0.444 e. The molecule has 0 unspecified atom stereocenters. The Kier molecular flexibility index (Phi) is 11.2. The molecule has 3 heterocycles. The lowest BCUT2D eigenvalue weighted by Gasteiger charge is -2.43. The van der Waals surface area contributed by atoms with Crippen LogP contribution in [0.5, 0.6) is 0 Å². The second-order valence-corrected chi connectivity index (χ2v) is 16.2. The Bertz CT molecular complexity index is 1780. The molecule has 8 nitrogen and oxygen atoms in total. The molecule has 2 amide bonds. The van der Waals surface area contributed by atoms with Crippen molar-refractivity contribution in [1.29, 1.82) is 0 Å². The molecule has 2 aromatic carbocycles. The molecule has 0 spiro atoms. The van der Waals surface area contributed by atoms with Gasteiger partial charge in [-0.2, -0.15) is 0 Å². The smallest absolute Gasteiger partial charge is 0.410 e. The molecule has 6 rings (SSSR count). The Hall–Kier alpha value is -3.21. The summed E-state index contributed by atoms with van der Waals surface area (Å²) in [6, 6.07) is 15.5. The molecule has 2 aromatic heterocycles. The fourth-order valence-corrected chi connectivity index (χ4v) is 8.74. The second kappa shape index (κ2) is 15.4. The van der Waals surface area contributed by atoms with Gasteiger partial charge in [0.05, 0.1) is 12.0 Å². The number of hydrogen-bond acceptors (Lipinski definition) is 5. The number of aromatic nitrogens is 3. The van der Waals surface area contributed by atoms with Crippen molar-refractivity contribution in [3.05, 3.63) is 115 Å². The number of amides is 2. The number of fused-ring (bicyclic) bond motifs is 2. The van der Waals surface area contributed by atoms with Crippen molar-refractivity contribution < 1.29 is 14.3 Å². The highest BCUT2D eigenvalue weighted by molar-refractivity contribution is 9.10. The Morgan fingerprint density at radius 3 is 2.59 bits per heavy atom. The predicted octanol–water partition coefficient (Wildman–Crippen LogP) is 8.82. The SMILES string of the molecule is CC(C)(C)OC(=O)N1CC[C@@H]([C@H]2c3ncc(Br)cc3CCc3cc(Cl)cc(Br)c32)C[C@@H]1C(=O)N(CCCn1ccnc1)Cc1ccccc1. The number of hydrogen-bond donors (Lipinski definition) is 0. The molecular formula is C38H42Br2ClN5O3. The van der Waals surface area contributed by atoms with Crippen molar-refractivity contribution in [3.63, 3.8) is 0 Å². The van der Waals surface area contributed by atoms with E-state index >= 15 is 0 Å². The second-order valence-electron chi connectivity index (χ2n) is 14.0. The van der Waals surface area contributed by atoms with E-state index < -0.39 is 17.7 Å². The van der Waals surface area contributed by atoms with E-state index in [9.17, 15) is 9.59 Å². The van der Waals surface area contributed by atoms with Crippen LogP contribution in [-0.2, 0) is 35.5 Å². The number of pyridine rings is 1. The molecule has 1 aliphatic heterocycles. The topological polar surface area (TPSA) is 80.6 Å². The molecule has 0 N–H and O–H groups in total. The van der Waals surface area contributed by atoms with E-state index in [0.29, 0.717) is 37.5 Å². The number of likely N-dealkylation sites (tertiary alicyclic amines) is 1. The van der Waals surface area contributed by atoms with Crippen LogP contribution in [0.25, 0.3) is 0 Å². The van der Waals surface area contributed by atoms with Crippen LogP contribution in [0.3, 0.4) is 0 Å². The fraction of sp³-hybridized carbons (Fsp3) is 0.421. The summed E-state index contributed by atoms with van der Waals surface area (Å²) in [5.41, 5.74) is 4.89. The standard InChI is InChI=1S/C38H42Br2ClN5O3/c1-38(2,3)49-37(48)46-16-12-27(34-33-26(19-30(41)21-31(33)40)10-11-28-18-29(39)22-43-35(28)34)20-32(46)36(47)45(23-25-8-5-4-6-9-25)15-7-14-44-17-13-42-24-44/h4-6,8-9,13,17-19,21-22,24,27,32,34H,7,10-12,14-16,20,23H2,1-3H3/t27-,32-,34-/m1/s1. The van der Waals surface area contributed by atoms with E-state index in [1.165, 1.54) is 16.7 Å². The van der Waals surface area contributed by atoms with E-state index in [1.807, 2.05) is 79.0 Å². The van der Waals surface area contributed by atoms with Gasteiger partial charge in [-0.25, -0.2) is 9.78 Å². The minimum atomic E-state index is -0.706. The van der Waals surface area contributed by atoms with Gasteiger partial charge in [0, 0.05) is 64.7 Å². The molecule has 1 saturated heterocycles.